The average molecular weight is 263 g/mol. The van der Waals surface area contributed by atoms with Crippen LogP contribution in [-0.2, 0) is 4.79 Å². The molecule has 1 aromatic carbocycles. The molecular formula is C13H13NO5. The first-order valence-electron chi connectivity index (χ1n) is 5.68. The molecule has 100 valence electrons. The zero-order valence-electron chi connectivity index (χ0n) is 10.2. The summed E-state index contributed by atoms with van der Waals surface area (Å²) in [7, 11) is 0. The summed E-state index contributed by atoms with van der Waals surface area (Å²) in [6.45, 7) is 1.30. The van der Waals surface area contributed by atoms with Crippen LogP contribution >= 0.6 is 0 Å². The second kappa shape index (κ2) is 5.11. The molecule has 1 amide bonds. The summed E-state index contributed by atoms with van der Waals surface area (Å²) < 4.78 is 5.20. The van der Waals surface area contributed by atoms with E-state index in [1.807, 2.05) is 0 Å². The van der Waals surface area contributed by atoms with Crippen LogP contribution in [0.25, 0.3) is 11.0 Å². The van der Waals surface area contributed by atoms with Crippen molar-refractivity contribution in [2.45, 2.75) is 19.1 Å². The molecular weight excluding hydrogens is 250 g/mol. The van der Waals surface area contributed by atoms with E-state index in [9.17, 15) is 14.7 Å². The van der Waals surface area contributed by atoms with Gasteiger partial charge in [-0.1, -0.05) is 18.2 Å². The van der Waals surface area contributed by atoms with Crippen molar-refractivity contribution in [3.05, 3.63) is 36.1 Å². The predicted molar refractivity (Wildman–Crippen MR) is 66.8 cm³/mol. The number of aliphatic hydroxyl groups is 1. The number of hydrogen-bond donors (Lipinski definition) is 3. The molecule has 2 atom stereocenters. The van der Waals surface area contributed by atoms with Crippen LogP contribution in [0.15, 0.2) is 34.9 Å². The van der Waals surface area contributed by atoms with Gasteiger partial charge in [0.1, 0.15) is 11.8 Å². The Balaban J connectivity index is 2.27. The highest BCUT2D eigenvalue weighted by molar-refractivity contribution is 6.06. The number of para-hydroxylation sites is 1. The fourth-order valence-electron chi connectivity index (χ4n) is 1.76. The fourth-order valence-corrected chi connectivity index (χ4v) is 1.76. The van der Waals surface area contributed by atoms with E-state index in [1.54, 1.807) is 24.3 Å². The summed E-state index contributed by atoms with van der Waals surface area (Å²) in [6, 6.07) is 5.56. The van der Waals surface area contributed by atoms with Gasteiger partial charge in [-0.15, -0.1) is 0 Å². The van der Waals surface area contributed by atoms with Crippen LogP contribution in [0, 0.1) is 0 Å². The molecule has 0 aliphatic rings. The Hall–Kier alpha value is -2.34. The van der Waals surface area contributed by atoms with Gasteiger partial charge in [0, 0.05) is 5.39 Å². The molecule has 1 heterocycles. The van der Waals surface area contributed by atoms with Gasteiger partial charge in [-0.2, -0.15) is 0 Å². The molecule has 0 aliphatic heterocycles. The lowest BCUT2D eigenvalue weighted by molar-refractivity contribution is -0.141. The monoisotopic (exact) mass is 263 g/mol. The number of hydrogen-bond acceptors (Lipinski definition) is 4. The third kappa shape index (κ3) is 2.58. The molecule has 0 saturated heterocycles. The van der Waals surface area contributed by atoms with Crippen molar-refractivity contribution in [3.63, 3.8) is 0 Å². The summed E-state index contributed by atoms with van der Waals surface area (Å²) in [5.74, 6) is -1.89. The van der Waals surface area contributed by atoms with Gasteiger partial charge in [-0.3, -0.25) is 4.79 Å². The largest absolute Gasteiger partial charge is 0.480 e. The maximum absolute atomic E-state index is 12.0. The summed E-state index contributed by atoms with van der Waals surface area (Å²) in [4.78, 5) is 22.9. The Morgan fingerprint density at radius 3 is 2.63 bits per heavy atom. The average Bonchev–Trinajstić information content (AvgIpc) is 2.78. The van der Waals surface area contributed by atoms with Gasteiger partial charge in [-0.05, 0) is 13.0 Å². The first-order valence-corrected chi connectivity index (χ1v) is 5.68. The van der Waals surface area contributed by atoms with Crippen LogP contribution in [-0.4, -0.2) is 34.2 Å². The highest BCUT2D eigenvalue weighted by atomic mass is 16.4. The van der Waals surface area contributed by atoms with E-state index in [4.69, 9.17) is 9.52 Å². The minimum Gasteiger partial charge on any atom is -0.480 e. The first-order chi connectivity index (χ1) is 9.00. The van der Waals surface area contributed by atoms with Crippen molar-refractivity contribution in [2.75, 3.05) is 0 Å². The molecule has 0 saturated carbocycles. The molecule has 3 N–H and O–H groups in total. The van der Waals surface area contributed by atoms with E-state index in [-0.39, 0.29) is 5.56 Å². The number of carboxylic acids is 1. The Morgan fingerprint density at radius 1 is 1.32 bits per heavy atom. The maximum Gasteiger partial charge on any atom is 0.328 e. The van der Waals surface area contributed by atoms with Crippen molar-refractivity contribution < 1.29 is 24.2 Å². The molecule has 0 spiro atoms. The molecule has 0 unspecified atom stereocenters. The number of nitrogens with one attached hydrogen (secondary N) is 1. The molecule has 1 aromatic heterocycles. The minimum absolute atomic E-state index is 0.238. The van der Waals surface area contributed by atoms with Crippen LogP contribution in [0.1, 0.15) is 17.3 Å². The molecule has 19 heavy (non-hydrogen) atoms. The summed E-state index contributed by atoms with van der Waals surface area (Å²) >= 11 is 0. The quantitative estimate of drug-likeness (QED) is 0.764. The number of aliphatic carboxylic acids is 1. The summed E-state index contributed by atoms with van der Waals surface area (Å²) in [5.41, 5.74) is 0.777. The summed E-state index contributed by atoms with van der Waals surface area (Å²) in [6.07, 6.45) is 0.0700. The van der Waals surface area contributed by atoms with Gasteiger partial charge in [0.05, 0.1) is 11.7 Å². The number of carbonyl (C=O) groups excluding carboxylic acids is 1. The normalized spacial score (nSPS) is 14.0. The lowest BCUT2D eigenvalue weighted by atomic mass is 10.1. The molecule has 0 aliphatic carbocycles. The molecule has 0 fully saturated rings. The Labute approximate surface area is 108 Å². The summed E-state index contributed by atoms with van der Waals surface area (Å²) in [5, 5.41) is 21.1. The smallest absolute Gasteiger partial charge is 0.328 e. The Morgan fingerprint density at radius 2 is 2.00 bits per heavy atom. The SMILES string of the molecule is C[C@@H](O)[C@H](NC(=O)c1coc2ccccc12)C(=O)O. The van der Waals surface area contributed by atoms with Crippen molar-refractivity contribution >= 4 is 22.8 Å². The van der Waals surface area contributed by atoms with Gasteiger partial charge >= 0.3 is 5.97 Å². The fraction of sp³-hybridized carbons (Fsp3) is 0.231. The second-order valence-electron chi connectivity index (χ2n) is 4.18. The number of aliphatic hydroxyl groups excluding tert-OH is 1. The van der Waals surface area contributed by atoms with E-state index in [1.165, 1.54) is 13.2 Å². The number of benzene rings is 1. The van der Waals surface area contributed by atoms with Crippen LogP contribution in [0.5, 0.6) is 0 Å². The Kier molecular flexibility index (Phi) is 3.52. The van der Waals surface area contributed by atoms with E-state index in [0.717, 1.165) is 0 Å². The minimum atomic E-state index is -1.36. The predicted octanol–water partition coefficient (Wildman–Crippen LogP) is 0.997. The molecule has 0 radical (unpaired) electrons. The van der Waals surface area contributed by atoms with E-state index in [2.05, 4.69) is 5.32 Å². The number of carbonyl (C=O) groups is 2. The van der Waals surface area contributed by atoms with Crippen LogP contribution in [0.4, 0.5) is 0 Å². The zero-order chi connectivity index (χ0) is 14.0. The lowest BCUT2D eigenvalue weighted by Crippen LogP contribution is -2.47. The molecule has 6 heteroatoms. The van der Waals surface area contributed by atoms with Gasteiger partial charge in [-0.25, -0.2) is 4.79 Å². The van der Waals surface area contributed by atoms with E-state index < -0.39 is 24.0 Å². The van der Waals surface area contributed by atoms with Gasteiger partial charge in [0.25, 0.3) is 5.91 Å². The second-order valence-corrected chi connectivity index (χ2v) is 4.18. The number of amides is 1. The van der Waals surface area contributed by atoms with Gasteiger partial charge in [0.15, 0.2) is 6.04 Å². The molecule has 6 nitrogen and oxygen atoms in total. The maximum atomic E-state index is 12.0. The first kappa shape index (κ1) is 13.1. The van der Waals surface area contributed by atoms with Crippen LogP contribution in [0.2, 0.25) is 0 Å². The van der Waals surface area contributed by atoms with Crippen LogP contribution < -0.4 is 5.32 Å². The van der Waals surface area contributed by atoms with Crippen molar-refractivity contribution in [2.24, 2.45) is 0 Å². The number of rotatable bonds is 4. The highest BCUT2D eigenvalue weighted by Gasteiger charge is 2.26. The number of fused-ring (bicyclic) bond motifs is 1. The molecule has 0 bridgehead atoms. The van der Waals surface area contributed by atoms with Crippen molar-refractivity contribution in [1.29, 1.82) is 0 Å². The molecule has 2 rings (SSSR count). The highest BCUT2D eigenvalue weighted by Crippen LogP contribution is 2.20. The van der Waals surface area contributed by atoms with E-state index >= 15 is 0 Å². The molecule has 2 aromatic rings. The van der Waals surface area contributed by atoms with Crippen LogP contribution in [0.3, 0.4) is 0 Å². The topological polar surface area (TPSA) is 99.8 Å². The number of furan rings is 1. The van der Waals surface area contributed by atoms with Gasteiger partial charge < -0.3 is 19.9 Å². The van der Waals surface area contributed by atoms with E-state index in [0.29, 0.717) is 11.0 Å². The zero-order valence-corrected chi connectivity index (χ0v) is 10.2. The van der Waals surface area contributed by atoms with Crippen molar-refractivity contribution in [3.8, 4) is 0 Å². The standard InChI is InChI=1S/C13H13NO5/c1-7(15)11(13(17)18)14-12(16)9-6-19-10-5-3-2-4-8(9)10/h2-7,11,15H,1H3,(H,14,16)(H,17,18)/t7-,11+/m1/s1. The third-order valence-electron chi connectivity index (χ3n) is 2.76. The lowest BCUT2D eigenvalue weighted by Gasteiger charge is -2.16. The van der Waals surface area contributed by atoms with Gasteiger partial charge in [0.2, 0.25) is 0 Å². The van der Waals surface area contributed by atoms with Crippen molar-refractivity contribution in [1.82, 2.24) is 5.32 Å². The number of carboxylic acid groups (broad SMARTS) is 1. The third-order valence-corrected chi connectivity index (χ3v) is 2.76. The Bertz CT molecular complexity index is 616.